The van der Waals surface area contributed by atoms with Gasteiger partial charge in [0.15, 0.2) is 0 Å². The van der Waals surface area contributed by atoms with Gasteiger partial charge in [0.05, 0.1) is 0 Å². The van der Waals surface area contributed by atoms with Crippen LogP contribution in [0.2, 0.25) is 0 Å². The summed E-state index contributed by atoms with van der Waals surface area (Å²) in [6.45, 7) is 0.350. The standard InChI is InChI=1S/C18H17N5O3S/c24-18(21-12-14-3-1-9-19-11-14)22-15-5-7-16(8-6-15)23-27(25,26)17-4-2-10-20-13-17/h1-11,13,23H,12H2,(H2,21,22,24). The van der Waals surface area contributed by atoms with Crippen LogP contribution in [0, 0.1) is 0 Å². The lowest BCUT2D eigenvalue weighted by Gasteiger charge is -2.10. The third-order valence-corrected chi connectivity index (χ3v) is 4.88. The Morgan fingerprint density at radius 2 is 1.56 bits per heavy atom. The number of nitrogens with one attached hydrogen (secondary N) is 3. The summed E-state index contributed by atoms with van der Waals surface area (Å²) in [5.41, 5.74) is 1.79. The van der Waals surface area contributed by atoms with Gasteiger partial charge in [-0.1, -0.05) is 6.07 Å². The maximum absolute atomic E-state index is 12.2. The normalized spacial score (nSPS) is 10.8. The molecule has 3 N–H and O–H groups in total. The van der Waals surface area contributed by atoms with Crippen LogP contribution < -0.4 is 15.4 Å². The molecule has 27 heavy (non-hydrogen) atoms. The monoisotopic (exact) mass is 383 g/mol. The molecule has 0 aliphatic carbocycles. The van der Waals surface area contributed by atoms with Gasteiger partial charge in [0, 0.05) is 42.7 Å². The number of amides is 2. The van der Waals surface area contributed by atoms with Crippen molar-refractivity contribution in [3.05, 3.63) is 78.9 Å². The van der Waals surface area contributed by atoms with Crippen LogP contribution in [0.3, 0.4) is 0 Å². The quantitative estimate of drug-likeness (QED) is 0.605. The summed E-state index contributed by atoms with van der Waals surface area (Å²) >= 11 is 0. The largest absolute Gasteiger partial charge is 0.334 e. The van der Waals surface area contributed by atoms with Crippen LogP contribution in [0.4, 0.5) is 16.2 Å². The summed E-state index contributed by atoms with van der Waals surface area (Å²) in [6, 6.07) is 12.6. The minimum absolute atomic E-state index is 0.0713. The fourth-order valence-electron chi connectivity index (χ4n) is 2.20. The van der Waals surface area contributed by atoms with Crippen molar-refractivity contribution in [2.45, 2.75) is 11.4 Å². The van der Waals surface area contributed by atoms with Gasteiger partial charge < -0.3 is 10.6 Å². The number of pyridine rings is 2. The molecule has 138 valence electrons. The first-order valence-electron chi connectivity index (χ1n) is 8.00. The van der Waals surface area contributed by atoms with Gasteiger partial charge in [-0.15, -0.1) is 0 Å². The molecule has 2 aromatic heterocycles. The lowest BCUT2D eigenvalue weighted by molar-refractivity contribution is 0.251. The number of hydrogen-bond donors (Lipinski definition) is 3. The zero-order chi connectivity index (χ0) is 19.1. The van der Waals surface area contributed by atoms with Gasteiger partial charge in [-0.05, 0) is 48.0 Å². The van der Waals surface area contributed by atoms with Gasteiger partial charge in [0.2, 0.25) is 0 Å². The summed E-state index contributed by atoms with van der Waals surface area (Å²) in [6.07, 6.45) is 6.10. The highest BCUT2D eigenvalue weighted by atomic mass is 32.2. The first-order chi connectivity index (χ1) is 13.0. The molecular weight excluding hydrogens is 366 g/mol. The summed E-state index contributed by atoms with van der Waals surface area (Å²) in [4.78, 5) is 19.8. The molecule has 2 heterocycles. The molecule has 2 amide bonds. The second kappa shape index (κ2) is 8.28. The molecule has 3 aromatic rings. The maximum atomic E-state index is 12.2. The molecule has 0 spiro atoms. The number of anilines is 2. The Labute approximate surface area is 156 Å². The van der Waals surface area contributed by atoms with E-state index in [1.807, 2.05) is 6.07 Å². The Hall–Kier alpha value is -3.46. The van der Waals surface area contributed by atoms with Gasteiger partial charge in [0.1, 0.15) is 4.90 Å². The molecule has 0 atom stereocenters. The molecule has 0 aliphatic heterocycles. The van der Waals surface area contributed by atoms with E-state index < -0.39 is 10.0 Å². The molecule has 0 unspecified atom stereocenters. The second-order valence-corrected chi connectivity index (χ2v) is 7.22. The predicted molar refractivity (Wildman–Crippen MR) is 102 cm³/mol. The minimum Gasteiger partial charge on any atom is -0.334 e. The third-order valence-electron chi connectivity index (χ3n) is 3.52. The van der Waals surface area contributed by atoms with E-state index in [9.17, 15) is 13.2 Å². The summed E-state index contributed by atoms with van der Waals surface area (Å²) in [7, 11) is -3.71. The third kappa shape index (κ3) is 5.25. The Balaban J connectivity index is 1.56. The molecule has 0 saturated heterocycles. The number of rotatable bonds is 6. The van der Waals surface area contributed by atoms with E-state index in [1.165, 1.54) is 18.5 Å². The molecule has 0 bridgehead atoms. The van der Waals surface area contributed by atoms with Gasteiger partial charge in [-0.25, -0.2) is 13.2 Å². The van der Waals surface area contributed by atoms with Gasteiger partial charge in [-0.3, -0.25) is 14.7 Å². The van der Waals surface area contributed by atoms with E-state index in [1.54, 1.807) is 48.8 Å². The first-order valence-corrected chi connectivity index (χ1v) is 9.48. The Kier molecular flexibility index (Phi) is 5.62. The van der Waals surface area contributed by atoms with Crippen molar-refractivity contribution in [2.24, 2.45) is 0 Å². The second-order valence-electron chi connectivity index (χ2n) is 5.54. The number of benzene rings is 1. The van der Waals surface area contributed by atoms with Gasteiger partial charge in [0.25, 0.3) is 10.0 Å². The fourth-order valence-corrected chi connectivity index (χ4v) is 3.22. The van der Waals surface area contributed by atoms with Crippen LogP contribution in [0.5, 0.6) is 0 Å². The van der Waals surface area contributed by atoms with E-state index in [4.69, 9.17) is 0 Å². The minimum atomic E-state index is -3.71. The Morgan fingerprint density at radius 1 is 0.889 bits per heavy atom. The average molecular weight is 383 g/mol. The zero-order valence-corrected chi connectivity index (χ0v) is 15.0. The topological polar surface area (TPSA) is 113 Å². The molecular formula is C18H17N5O3S. The highest BCUT2D eigenvalue weighted by molar-refractivity contribution is 7.92. The van der Waals surface area contributed by atoms with Crippen LogP contribution in [0.1, 0.15) is 5.56 Å². The maximum Gasteiger partial charge on any atom is 0.319 e. The average Bonchev–Trinajstić information content (AvgIpc) is 2.69. The van der Waals surface area contributed by atoms with Crippen molar-refractivity contribution >= 4 is 27.4 Å². The number of sulfonamides is 1. The number of urea groups is 1. The SMILES string of the molecule is O=C(NCc1cccnc1)Nc1ccc(NS(=O)(=O)c2cccnc2)cc1. The zero-order valence-electron chi connectivity index (χ0n) is 14.2. The van der Waals surface area contributed by atoms with Crippen molar-refractivity contribution in [3.8, 4) is 0 Å². The van der Waals surface area contributed by atoms with Crippen molar-refractivity contribution in [1.29, 1.82) is 0 Å². The van der Waals surface area contributed by atoms with Gasteiger partial charge >= 0.3 is 6.03 Å². The number of carbonyl (C=O) groups is 1. The molecule has 0 fully saturated rings. The van der Waals surface area contributed by atoms with Crippen molar-refractivity contribution in [3.63, 3.8) is 0 Å². The number of nitrogens with zero attached hydrogens (tertiary/aromatic N) is 2. The summed E-state index contributed by atoms with van der Waals surface area (Å²) in [5, 5.41) is 5.39. The van der Waals surface area contributed by atoms with E-state index >= 15 is 0 Å². The van der Waals surface area contributed by atoms with E-state index in [-0.39, 0.29) is 10.9 Å². The highest BCUT2D eigenvalue weighted by Crippen LogP contribution is 2.17. The van der Waals surface area contributed by atoms with Crippen LogP contribution in [0.15, 0.2) is 78.2 Å². The molecule has 0 radical (unpaired) electrons. The van der Waals surface area contributed by atoms with Crippen LogP contribution >= 0.6 is 0 Å². The molecule has 0 aliphatic rings. The van der Waals surface area contributed by atoms with E-state index in [0.717, 1.165) is 5.56 Å². The smallest absolute Gasteiger partial charge is 0.319 e. The Morgan fingerprint density at radius 3 is 2.19 bits per heavy atom. The highest BCUT2D eigenvalue weighted by Gasteiger charge is 2.14. The van der Waals surface area contributed by atoms with Crippen LogP contribution in [-0.4, -0.2) is 24.4 Å². The summed E-state index contributed by atoms with van der Waals surface area (Å²) in [5.74, 6) is 0. The lowest BCUT2D eigenvalue weighted by Crippen LogP contribution is -2.28. The molecule has 3 rings (SSSR count). The lowest BCUT2D eigenvalue weighted by atomic mass is 10.3. The van der Waals surface area contributed by atoms with E-state index in [2.05, 4.69) is 25.3 Å². The summed E-state index contributed by atoms with van der Waals surface area (Å²) < 4.78 is 27.0. The predicted octanol–water partition coefficient (Wildman–Crippen LogP) is 2.60. The van der Waals surface area contributed by atoms with Crippen LogP contribution in [0.25, 0.3) is 0 Å². The number of carbonyl (C=O) groups excluding carboxylic acids is 1. The van der Waals surface area contributed by atoms with E-state index in [0.29, 0.717) is 17.9 Å². The fraction of sp³-hybridized carbons (Fsp3) is 0.0556. The van der Waals surface area contributed by atoms with Gasteiger partial charge in [-0.2, -0.15) is 0 Å². The Bertz CT molecular complexity index is 994. The molecule has 0 saturated carbocycles. The van der Waals surface area contributed by atoms with Crippen molar-refractivity contribution in [2.75, 3.05) is 10.0 Å². The van der Waals surface area contributed by atoms with Crippen molar-refractivity contribution in [1.82, 2.24) is 15.3 Å². The van der Waals surface area contributed by atoms with Crippen molar-refractivity contribution < 1.29 is 13.2 Å². The number of aromatic nitrogens is 2. The molecule has 1 aromatic carbocycles. The molecule has 9 heteroatoms. The van der Waals surface area contributed by atoms with Crippen LogP contribution in [-0.2, 0) is 16.6 Å². The first kappa shape index (κ1) is 18.3. The number of hydrogen-bond acceptors (Lipinski definition) is 5. The molecule has 8 nitrogen and oxygen atoms in total.